The fourth-order valence-electron chi connectivity index (χ4n) is 3.38. The number of amides is 1. The number of thiocarbonyl (C=S) groups is 1. The Morgan fingerprint density at radius 2 is 1.93 bits per heavy atom. The van der Waals surface area contributed by atoms with E-state index >= 15 is 0 Å². The molecule has 0 spiro atoms. The minimum Gasteiger partial charge on any atom is -0.492 e. The van der Waals surface area contributed by atoms with E-state index in [2.05, 4.69) is 16.0 Å². The maximum Gasteiger partial charge on any atom is 0.276 e. The van der Waals surface area contributed by atoms with Gasteiger partial charge in [0.05, 0.1) is 6.54 Å². The Morgan fingerprint density at radius 1 is 1.17 bits per heavy atom. The van der Waals surface area contributed by atoms with Gasteiger partial charge < -0.3 is 14.6 Å². The van der Waals surface area contributed by atoms with E-state index in [1.54, 1.807) is 4.90 Å². The summed E-state index contributed by atoms with van der Waals surface area (Å²) in [4.78, 5) is 14.1. The number of carbonyl (C=O) groups excluding carboxylic acids is 1. The van der Waals surface area contributed by atoms with E-state index in [0.29, 0.717) is 35.5 Å². The summed E-state index contributed by atoms with van der Waals surface area (Å²) in [5.41, 5.74) is 2.54. The molecule has 3 aromatic rings. The third-order valence-electron chi connectivity index (χ3n) is 4.81. The molecule has 0 bridgehead atoms. The van der Waals surface area contributed by atoms with Gasteiger partial charge in [-0.1, -0.05) is 29.8 Å². The fourth-order valence-corrected chi connectivity index (χ4v) is 3.83. The van der Waals surface area contributed by atoms with Gasteiger partial charge in [0.2, 0.25) is 0 Å². The Labute approximate surface area is 179 Å². The summed E-state index contributed by atoms with van der Waals surface area (Å²) in [5, 5.41) is 5.22. The largest absolute Gasteiger partial charge is 0.492 e. The monoisotopic (exact) mass is 425 g/mol. The predicted molar refractivity (Wildman–Crippen MR) is 120 cm³/mol. The average molecular weight is 426 g/mol. The molecule has 1 aromatic heterocycles. The van der Waals surface area contributed by atoms with Gasteiger partial charge >= 0.3 is 0 Å². The van der Waals surface area contributed by atoms with Crippen molar-refractivity contribution in [2.24, 2.45) is 0 Å². The molecule has 1 N–H and O–H groups in total. The van der Waals surface area contributed by atoms with Crippen LogP contribution in [0.25, 0.3) is 17.0 Å². The quantitative estimate of drug-likeness (QED) is 0.468. The first kappa shape index (κ1) is 19.5. The zero-order valence-electron chi connectivity index (χ0n) is 15.9. The van der Waals surface area contributed by atoms with Crippen LogP contribution in [0.3, 0.4) is 0 Å². The van der Waals surface area contributed by atoms with Gasteiger partial charge in [0.15, 0.2) is 5.11 Å². The van der Waals surface area contributed by atoms with Crippen LogP contribution in [0.5, 0.6) is 5.75 Å². The highest BCUT2D eigenvalue weighted by molar-refractivity contribution is 7.80. The van der Waals surface area contributed by atoms with Crippen LogP contribution >= 0.6 is 23.8 Å². The van der Waals surface area contributed by atoms with Gasteiger partial charge in [-0.05, 0) is 55.5 Å². The van der Waals surface area contributed by atoms with Crippen LogP contribution in [0.4, 0.5) is 0 Å². The molecule has 1 fully saturated rings. The van der Waals surface area contributed by atoms with Crippen LogP contribution in [-0.4, -0.2) is 33.6 Å². The first-order valence-electron chi connectivity index (χ1n) is 9.37. The lowest BCUT2D eigenvalue weighted by atomic mass is 10.1. The molecule has 1 aliphatic heterocycles. The van der Waals surface area contributed by atoms with Gasteiger partial charge in [0.1, 0.15) is 18.1 Å². The van der Waals surface area contributed by atoms with Gasteiger partial charge in [-0.25, -0.2) is 0 Å². The molecule has 0 radical (unpaired) electrons. The first-order valence-corrected chi connectivity index (χ1v) is 10.2. The molecule has 148 valence electrons. The van der Waals surface area contributed by atoms with E-state index in [1.807, 2.05) is 61.7 Å². The molecule has 2 aromatic carbocycles. The second-order valence-corrected chi connectivity index (χ2v) is 7.46. The summed E-state index contributed by atoms with van der Waals surface area (Å²) in [6.45, 7) is 3.64. The minimum absolute atomic E-state index is 0.0968. The molecule has 1 amide bonds. The molecule has 4 rings (SSSR count). The molecular weight excluding hydrogens is 406 g/mol. The summed E-state index contributed by atoms with van der Waals surface area (Å²) >= 11 is 11.2. The average Bonchev–Trinajstić information content (AvgIpc) is 3.20. The zero-order chi connectivity index (χ0) is 20.4. The van der Waals surface area contributed by atoms with Gasteiger partial charge in [-0.2, -0.15) is 0 Å². The van der Waals surface area contributed by atoms with Gasteiger partial charge in [0, 0.05) is 34.2 Å². The molecule has 0 unspecified atom stereocenters. The van der Waals surface area contributed by atoms with Crippen LogP contribution in [0.2, 0.25) is 5.02 Å². The maximum atomic E-state index is 12.5. The van der Waals surface area contributed by atoms with Crippen LogP contribution < -0.4 is 10.1 Å². The summed E-state index contributed by atoms with van der Waals surface area (Å²) in [6, 6.07) is 15.4. The number of para-hydroxylation sites is 1. The van der Waals surface area contributed by atoms with Crippen molar-refractivity contribution in [3.05, 3.63) is 71.0 Å². The minimum atomic E-state index is -0.0968. The lowest BCUT2D eigenvalue weighted by Crippen LogP contribution is -2.30. The highest BCUT2D eigenvalue weighted by Gasteiger charge is 2.29. The van der Waals surface area contributed by atoms with Gasteiger partial charge in [0.25, 0.3) is 5.91 Å². The van der Waals surface area contributed by atoms with Crippen molar-refractivity contribution in [2.75, 3.05) is 13.2 Å². The van der Waals surface area contributed by atoms with E-state index in [0.717, 1.165) is 22.2 Å². The molecule has 5 nitrogen and oxygen atoms in total. The maximum absolute atomic E-state index is 12.5. The number of ether oxygens (including phenoxy) is 1. The first-order chi connectivity index (χ1) is 14.1. The third-order valence-corrected chi connectivity index (χ3v) is 5.39. The lowest BCUT2D eigenvalue weighted by Gasteiger charge is -2.08. The second-order valence-electron chi connectivity index (χ2n) is 6.63. The summed E-state index contributed by atoms with van der Waals surface area (Å²) in [7, 11) is 0. The smallest absolute Gasteiger partial charge is 0.276 e. The number of hydrogen-bond donors (Lipinski definition) is 1. The second kappa shape index (κ2) is 8.27. The predicted octanol–water partition coefficient (Wildman–Crippen LogP) is 4.45. The molecule has 29 heavy (non-hydrogen) atoms. The molecule has 0 atom stereocenters. The number of halogens is 1. The molecule has 1 saturated heterocycles. The zero-order valence-corrected chi connectivity index (χ0v) is 17.5. The number of fused-ring (bicyclic) bond motifs is 1. The topological polar surface area (TPSA) is 46.5 Å². The third kappa shape index (κ3) is 3.99. The number of benzene rings is 2. The van der Waals surface area contributed by atoms with Crippen molar-refractivity contribution in [1.82, 2.24) is 14.8 Å². The molecule has 1 aliphatic rings. The molecule has 7 heteroatoms. The fraction of sp³-hybridized carbons (Fsp3) is 0.182. The summed E-state index contributed by atoms with van der Waals surface area (Å²) in [5.74, 6) is 0.683. The highest BCUT2D eigenvalue weighted by Crippen LogP contribution is 2.25. The molecule has 2 heterocycles. The Kier molecular flexibility index (Phi) is 5.56. The Bertz CT molecular complexity index is 1100. The number of rotatable bonds is 6. The molecular formula is C22H20ClN3O2S. The molecule has 0 aliphatic carbocycles. The van der Waals surface area contributed by atoms with E-state index in [-0.39, 0.29) is 5.91 Å². The Morgan fingerprint density at radius 3 is 2.66 bits per heavy atom. The van der Waals surface area contributed by atoms with Gasteiger partial charge in [-0.3, -0.25) is 9.69 Å². The number of hydrogen-bond acceptors (Lipinski definition) is 3. The van der Waals surface area contributed by atoms with Crippen LogP contribution in [0, 0.1) is 0 Å². The number of nitrogens with zero attached hydrogens (tertiary/aromatic N) is 2. The number of likely N-dealkylation sites (N-methyl/N-ethyl adjacent to an activating group) is 1. The Hall–Kier alpha value is -2.83. The van der Waals surface area contributed by atoms with Crippen LogP contribution in [0.1, 0.15) is 12.5 Å². The van der Waals surface area contributed by atoms with Crippen molar-refractivity contribution < 1.29 is 9.53 Å². The standard InChI is InChI=1S/C22H20ClN3O2S/c1-2-26-21(27)19(24-22(26)29)13-15-14-25(20-6-4-3-5-18(15)20)11-12-28-17-9-7-16(23)8-10-17/h3-10,13-14H,2,11-12H2,1H3,(H,24,29)/b19-13-. The van der Waals surface area contributed by atoms with Crippen molar-refractivity contribution in [1.29, 1.82) is 0 Å². The number of aromatic nitrogens is 1. The number of nitrogens with one attached hydrogen (secondary N) is 1. The van der Waals surface area contributed by atoms with Gasteiger partial charge in [-0.15, -0.1) is 0 Å². The highest BCUT2D eigenvalue weighted by atomic mass is 35.5. The van der Waals surface area contributed by atoms with E-state index in [1.165, 1.54) is 0 Å². The Balaban J connectivity index is 1.57. The van der Waals surface area contributed by atoms with E-state index in [4.69, 9.17) is 28.6 Å². The van der Waals surface area contributed by atoms with Crippen molar-refractivity contribution >= 4 is 51.8 Å². The number of carbonyl (C=O) groups is 1. The summed E-state index contributed by atoms with van der Waals surface area (Å²) in [6.07, 6.45) is 3.90. The SMILES string of the molecule is CCN1C(=O)/C(=C/c2cn(CCOc3ccc(Cl)cc3)c3ccccc23)NC1=S. The van der Waals surface area contributed by atoms with Crippen molar-refractivity contribution in [2.45, 2.75) is 13.5 Å². The lowest BCUT2D eigenvalue weighted by molar-refractivity contribution is -0.122. The van der Waals surface area contributed by atoms with Crippen LogP contribution in [0.15, 0.2) is 60.4 Å². The normalized spacial score (nSPS) is 15.4. The summed E-state index contributed by atoms with van der Waals surface area (Å²) < 4.78 is 7.96. The molecule has 0 saturated carbocycles. The van der Waals surface area contributed by atoms with E-state index in [9.17, 15) is 4.79 Å². The van der Waals surface area contributed by atoms with E-state index < -0.39 is 0 Å². The van der Waals surface area contributed by atoms with Crippen molar-refractivity contribution in [3.8, 4) is 5.75 Å². The van der Waals surface area contributed by atoms with Crippen LogP contribution in [-0.2, 0) is 11.3 Å². The van der Waals surface area contributed by atoms with Crippen molar-refractivity contribution in [3.63, 3.8) is 0 Å².